The lowest BCUT2D eigenvalue weighted by Gasteiger charge is -2.36. The molecule has 96 valence electrons. The second-order valence-corrected chi connectivity index (χ2v) is 6.55. The van der Waals surface area contributed by atoms with Crippen LogP contribution in [0.2, 0.25) is 10.0 Å². The Morgan fingerprint density at radius 1 is 1.17 bits per heavy atom. The van der Waals surface area contributed by atoms with Gasteiger partial charge >= 0.3 is 0 Å². The van der Waals surface area contributed by atoms with Gasteiger partial charge in [0.2, 0.25) is 0 Å². The molecule has 3 aliphatic rings. The van der Waals surface area contributed by atoms with Gasteiger partial charge in [0.25, 0.3) is 0 Å². The van der Waals surface area contributed by atoms with Gasteiger partial charge in [0.05, 0.1) is 21.4 Å². The smallest absolute Gasteiger partial charge is 0.0621 e. The quantitative estimate of drug-likeness (QED) is 0.773. The van der Waals surface area contributed by atoms with Crippen molar-refractivity contribution in [2.24, 2.45) is 11.8 Å². The molecule has 1 aromatic rings. The monoisotopic (exact) mass is 282 g/mol. The molecule has 0 amide bonds. The maximum Gasteiger partial charge on any atom is 0.0621 e. The molecule has 4 rings (SSSR count). The van der Waals surface area contributed by atoms with Crippen LogP contribution in [-0.2, 0) is 0 Å². The molecule has 2 heterocycles. The molecule has 1 saturated carbocycles. The van der Waals surface area contributed by atoms with E-state index in [1.165, 1.54) is 31.5 Å². The van der Waals surface area contributed by atoms with Crippen molar-refractivity contribution in [1.82, 2.24) is 0 Å². The summed E-state index contributed by atoms with van der Waals surface area (Å²) in [4.78, 5) is 2.56. The Morgan fingerprint density at radius 3 is 2.89 bits per heavy atom. The summed E-state index contributed by atoms with van der Waals surface area (Å²) >= 11 is 12.3. The molecule has 18 heavy (non-hydrogen) atoms. The van der Waals surface area contributed by atoms with Crippen LogP contribution in [0.1, 0.15) is 19.3 Å². The van der Waals surface area contributed by atoms with Crippen molar-refractivity contribution in [3.63, 3.8) is 0 Å². The van der Waals surface area contributed by atoms with Gasteiger partial charge in [-0.1, -0.05) is 29.6 Å². The summed E-state index contributed by atoms with van der Waals surface area (Å²) in [7, 11) is 0. The number of benzene rings is 1. The Labute approximate surface area is 117 Å². The van der Waals surface area contributed by atoms with Gasteiger partial charge in [-0.2, -0.15) is 0 Å². The number of hydrogen-bond acceptors (Lipinski definition) is 2. The van der Waals surface area contributed by atoms with Crippen LogP contribution in [0.15, 0.2) is 12.1 Å². The molecule has 0 bridgehead atoms. The lowest BCUT2D eigenvalue weighted by Crippen LogP contribution is -2.42. The van der Waals surface area contributed by atoms with E-state index < -0.39 is 0 Å². The maximum atomic E-state index is 6.17. The van der Waals surface area contributed by atoms with Gasteiger partial charge in [-0.3, -0.25) is 0 Å². The van der Waals surface area contributed by atoms with Gasteiger partial charge in [0, 0.05) is 19.1 Å². The van der Waals surface area contributed by atoms with Crippen LogP contribution in [0, 0.1) is 11.8 Å². The molecule has 0 radical (unpaired) electrons. The van der Waals surface area contributed by atoms with E-state index in [1.54, 1.807) is 0 Å². The van der Waals surface area contributed by atoms with Gasteiger partial charge in [-0.15, -0.1) is 0 Å². The molecule has 0 aromatic heterocycles. The third kappa shape index (κ3) is 1.48. The summed E-state index contributed by atoms with van der Waals surface area (Å²) in [5.74, 6) is 1.76. The first kappa shape index (κ1) is 11.2. The molecule has 2 nitrogen and oxygen atoms in total. The molecule has 3 unspecified atom stereocenters. The Bertz CT molecular complexity index is 503. The van der Waals surface area contributed by atoms with Crippen molar-refractivity contribution >= 4 is 34.6 Å². The third-order valence-electron chi connectivity index (χ3n) is 4.89. The van der Waals surface area contributed by atoms with Crippen LogP contribution in [-0.4, -0.2) is 19.1 Å². The average Bonchev–Trinajstić information content (AvgIpc) is 2.91. The average molecular weight is 283 g/mol. The number of fused-ring (bicyclic) bond motifs is 5. The van der Waals surface area contributed by atoms with Crippen LogP contribution < -0.4 is 10.2 Å². The summed E-state index contributed by atoms with van der Waals surface area (Å²) in [6.45, 7) is 2.24. The topological polar surface area (TPSA) is 15.3 Å². The first-order chi connectivity index (χ1) is 8.74. The van der Waals surface area contributed by atoms with E-state index in [0.29, 0.717) is 16.1 Å². The number of anilines is 2. The van der Waals surface area contributed by atoms with Crippen molar-refractivity contribution in [3.05, 3.63) is 22.2 Å². The Balaban J connectivity index is 1.76. The minimum atomic E-state index is 0.640. The molecule has 3 atom stereocenters. The zero-order valence-electron chi connectivity index (χ0n) is 10.1. The fourth-order valence-electron chi connectivity index (χ4n) is 4.09. The third-order valence-corrected chi connectivity index (χ3v) is 5.62. The largest absolute Gasteiger partial charge is 0.381 e. The highest BCUT2D eigenvalue weighted by atomic mass is 35.5. The van der Waals surface area contributed by atoms with Crippen molar-refractivity contribution in [2.75, 3.05) is 23.3 Å². The molecule has 4 heteroatoms. The maximum absolute atomic E-state index is 6.17. The van der Waals surface area contributed by atoms with Crippen molar-refractivity contribution in [3.8, 4) is 0 Å². The standard InChI is InChI=1S/C14H16Cl2N2/c15-10-4-12-13(5-11(10)16)18-7-8-2-1-3-9(8)14(18)6-17-12/h4-5,8-9,14,17H,1-3,6-7H2. The van der Waals surface area contributed by atoms with E-state index in [1.807, 2.05) is 12.1 Å². The summed E-state index contributed by atoms with van der Waals surface area (Å²) in [6, 6.07) is 4.64. The fraction of sp³-hybridized carbons (Fsp3) is 0.571. The van der Waals surface area contributed by atoms with Crippen molar-refractivity contribution in [2.45, 2.75) is 25.3 Å². The normalized spacial score (nSPS) is 32.8. The minimum absolute atomic E-state index is 0.640. The second kappa shape index (κ2) is 3.94. The highest BCUT2D eigenvalue weighted by Gasteiger charge is 2.45. The van der Waals surface area contributed by atoms with E-state index in [4.69, 9.17) is 23.2 Å². The fourth-order valence-corrected chi connectivity index (χ4v) is 4.41. The number of hydrogen-bond donors (Lipinski definition) is 1. The number of rotatable bonds is 0. The van der Waals surface area contributed by atoms with Crippen LogP contribution in [0.4, 0.5) is 11.4 Å². The molecule has 1 N–H and O–H groups in total. The van der Waals surface area contributed by atoms with Crippen molar-refractivity contribution in [1.29, 1.82) is 0 Å². The zero-order valence-corrected chi connectivity index (χ0v) is 11.6. The molecular weight excluding hydrogens is 267 g/mol. The van der Waals surface area contributed by atoms with E-state index >= 15 is 0 Å². The molecule has 0 spiro atoms. The zero-order chi connectivity index (χ0) is 12.3. The van der Waals surface area contributed by atoms with E-state index in [9.17, 15) is 0 Å². The highest BCUT2D eigenvalue weighted by Crippen LogP contribution is 2.48. The van der Waals surface area contributed by atoms with Crippen LogP contribution in [0.5, 0.6) is 0 Å². The Kier molecular flexibility index (Phi) is 2.46. The Morgan fingerprint density at radius 2 is 2.00 bits per heavy atom. The van der Waals surface area contributed by atoms with E-state index in [0.717, 1.165) is 24.1 Å². The molecule has 2 fully saturated rings. The minimum Gasteiger partial charge on any atom is -0.381 e. The molecule has 1 saturated heterocycles. The lowest BCUT2D eigenvalue weighted by atomic mass is 9.93. The van der Waals surface area contributed by atoms with Gasteiger partial charge in [0.15, 0.2) is 0 Å². The van der Waals surface area contributed by atoms with Gasteiger partial charge in [0.1, 0.15) is 0 Å². The predicted octanol–water partition coefficient (Wildman–Crippen LogP) is 4.02. The van der Waals surface area contributed by atoms with E-state index in [-0.39, 0.29) is 0 Å². The van der Waals surface area contributed by atoms with Crippen LogP contribution >= 0.6 is 23.2 Å². The second-order valence-electron chi connectivity index (χ2n) is 5.74. The SMILES string of the molecule is Clc1cc2c(cc1Cl)N1CC3CCCC3C1CN2. The molecule has 1 aromatic carbocycles. The number of halogens is 2. The number of nitrogens with one attached hydrogen (secondary N) is 1. The predicted molar refractivity (Wildman–Crippen MR) is 76.9 cm³/mol. The Hall–Kier alpha value is -0.600. The van der Waals surface area contributed by atoms with Gasteiger partial charge < -0.3 is 10.2 Å². The van der Waals surface area contributed by atoms with Crippen LogP contribution in [0.3, 0.4) is 0 Å². The number of nitrogens with zero attached hydrogens (tertiary/aromatic N) is 1. The summed E-state index contributed by atoms with van der Waals surface area (Å²) in [6.07, 6.45) is 4.20. The molecule has 1 aliphatic carbocycles. The summed E-state index contributed by atoms with van der Waals surface area (Å²) in [5, 5.41) is 4.83. The van der Waals surface area contributed by atoms with Gasteiger partial charge in [-0.25, -0.2) is 0 Å². The highest BCUT2D eigenvalue weighted by molar-refractivity contribution is 6.42. The summed E-state index contributed by atoms with van der Waals surface area (Å²) in [5.41, 5.74) is 2.38. The van der Waals surface area contributed by atoms with Crippen molar-refractivity contribution < 1.29 is 0 Å². The van der Waals surface area contributed by atoms with E-state index in [2.05, 4.69) is 10.2 Å². The first-order valence-corrected chi connectivity index (χ1v) is 7.49. The summed E-state index contributed by atoms with van der Waals surface area (Å²) < 4.78 is 0. The lowest BCUT2D eigenvalue weighted by molar-refractivity contribution is 0.429. The van der Waals surface area contributed by atoms with Gasteiger partial charge in [-0.05, 0) is 36.8 Å². The first-order valence-electron chi connectivity index (χ1n) is 6.73. The van der Waals surface area contributed by atoms with Crippen LogP contribution in [0.25, 0.3) is 0 Å². The molecule has 2 aliphatic heterocycles. The molecular formula is C14H16Cl2N2.